The third kappa shape index (κ3) is 4.07. The molecule has 19 heavy (non-hydrogen) atoms. The van der Waals surface area contributed by atoms with E-state index in [1.165, 1.54) is 11.1 Å². The second-order valence-corrected chi connectivity index (χ2v) is 5.78. The van der Waals surface area contributed by atoms with Gasteiger partial charge in [0.15, 0.2) is 0 Å². The van der Waals surface area contributed by atoms with E-state index in [1.54, 1.807) is 0 Å². The quantitative estimate of drug-likeness (QED) is 0.775. The van der Waals surface area contributed by atoms with Gasteiger partial charge in [-0.2, -0.15) is 0 Å². The first-order valence-corrected chi connectivity index (χ1v) is 7.60. The Morgan fingerprint density at radius 1 is 1.16 bits per heavy atom. The zero-order valence-corrected chi connectivity index (χ0v) is 13.2. The Morgan fingerprint density at radius 3 is 2.58 bits per heavy atom. The Morgan fingerprint density at radius 2 is 1.89 bits per heavy atom. The maximum atomic E-state index is 6.03. The fraction of sp³-hybridized carbons (Fsp3) is 0.250. The van der Waals surface area contributed by atoms with Crippen LogP contribution in [0.2, 0.25) is 5.02 Å². The van der Waals surface area contributed by atoms with Gasteiger partial charge in [-0.1, -0.05) is 64.8 Å². The van der Waals surface area contributed by atoms with Crippen LogP contribution in [-0.4, -0.2) is 0 Å². The van der Waals surface area contributed by atoms with Crippen molar-refractivity contribution in [3.05, 3.63) is 69.2 Å². The van der Waals surface area contributed by atoms with E-state index in [2.05, 4.69) is 52.4 Å². The second kappa shape index (κ2) is 7.09. The summed E-state index contributed by atoms with van der Waals surface area (Å²) in [6.45, 7) is 2.99. The highest BCUT2D eigenvalue weighted by Crippen LogP contribution is 2.23. The Kier molecular flexibility index (Phi) is 5.44. The highest BCUT2D eigenvalue weighted by atomic mass is 79.9. The molecule has 0 fully saturated rings. The summed E-state index contributed by atoms with van der Waals surface area (Å²) in [4.78, 5) is 0. The van der Waals surface area contributed by atoms with Gasteiger partial charge in [-0.05, 0) is 35.7 Å². The fourth-order valence-corrected chi connectivity index (χ4v) is 2.68. The Labute approximate surface area is 128 Å². The van der Waals surface area contributed by atoms with E-state index < -0.39 is 0 Å². The van der Waals surface area contributed by atoms with E-state index in [1.807, 2.05) is 24.3 Å². The van der Waals surface area contributed by atoms with Crippen LogP contribution in [0.15, 0.2) is 53.0 Å². The summed E-state index contributed by atoms with van der Waals surface area (Å²) < 4.78 is 1.09. The van der Waals surface area contributed by atoms with Crippen LogP contribution in [0.5, 0.6) is 0 Å². The van der Waals surface area contributed by atoms with Crippen molar-refractivity contribution in [1.29, 1.82) is 0 Å². The minimum absolute atomic E-state index is 0.368. The fourth-order valence-electron chi connectivity index (χ4n) is 2.10. The van der Waals surface area contributed by atoms with Crippen LogP contribution in [-0.2, 0) is 6.54 Å². The lowest BCUT2D eigenvalue weighted by atomic mass is 10.0. The number of nitrogens with one attached hydrogen (secondary N) is 1. The number of hydrogen-bond donors (Lipinski definition) is 1. The predicted molar refractivity (Wildman–Crippen MR) is 85.5 cm³/mol. The van der Waals surface area contributed by atoms with Crippen molar-refractivity contribution >= 4 is 27.5 Å². The highest BCUT2D eigenvalue weighted by molar-refractivity contribution is 9.10. The van der Waals surface area contributed by atoms with Crippen LogP contribution in [0, 0.1) is 0 Å². The van der Waals surface area contributed by atoms with Gasteiger partial charge >= 0.3 is 0 Å². The molecule has 1 atom stereocenters. The van der Waals surface area contributed by atoms with Crippen molar-refractivity contribution in [3.8, 4) is 0 Å². The van der Waals surface area contributed by atoms with Crippen molar-refractivity contribution in [2.45, 2.75) is 25.9 Å². The van der Waals surface area contributed by atoms with Gasteiger partial charge in [-0.25, -0.2) is 0 Å². The molecule has 0 spiro atoms. The summed E-state index contributed by atoms with van der Waals surface area (Å²) in [7, 11) is 0. The molecular formula is C16H17BrClN. The average Bonchev–Trinajstić information content (AvgIpc) is 2.44. The summed E-state index contributed by atoms with van der Waals surface area (Å²) in [6, 6.07) is 16.8. The maximum absolute atomic E-state index is 6.03. The molecule has 0 aliphatic rings. The van der Waals surface area contributed by atoms with Crippen LogP contribution in [0.25, 0.3) is 0 Å². The molecule has 2 aromatic rings. The molecule has 0 bridgehead atoms. The lowest BCUT2D eigenvalue weighted by molar-refractivity contribution is 0.518. The molecule has 100 valence electrons. The molecule has 1 N–H and O–H groups in total. The van der Waals surface area contributed by atoms with Crippen LogP contribution in [0.3, 0.4) is 0 Å². The molecule has 1 unspecified atom stereocenters. The van der Waals surface area contributed by atoms with Gasteiger partial charge in [0, 0.05) is 22.1 Å². The van der Waals surface area contributed by atoms with E-state index in [4.69, 9.17) is 11.6 Å². The highest BCUT2D eigenvalue weighted by Gasteiger charge is 2.09. The SMILES string of the molecule is CCC(NCc1cc(Cl)ccc1Br)c1ccccc1. The third-order valence-electron chi connectivity index (χ3n) is 3.16. The Hall–Kier alpha value is -0.830. The molecule has 0 heterocycles. The van der Waals surface area contributed by atoms with E-state index >= 15 is 0 Å². The summed E-state index contributed by atoms with van der Waals surface area (Å²) in [5.74, 6) is 0. The van der Waals surface area contributed by atoms with Gasteiger partial charge in [0.25, 0.3) is 0 Å². The average molecular weight is 339 g/mol. The van der Waals surface area contributed by atoms with Gasteiger partial charge in [-0.15, -0.1) is 0 Å². The Bertz CT molecular complexity index is 528. The van der Waals surface area contributed by atoms with Gasteiger partial charge in [-0.3, -0.25) is 0 Å². The standard InChI is InChI=1S/C16H17BrClN/c1-2-16(12-6-4-3-5-7-12)19-11-13-10-14(18)8-9-15(13)17/h3-10,16,19H,2,11H2,1H3. The maximum Gasteiger partial charge on any atom is 0.0410 e. The van der Waals surface area contributed by atoms with Crippen molar-refractivity contribution in [1.82, 2.24) is 5.32 Å². The molecule has 0 amide bonds. The lowest BCUT2D eigenvalue weighted by Gasteiger charge is -2.18. The molecule has 0 aromatic heterocycles. The predicted octanol–water partition coefficient (Wildman–Crippen LogP) is 5.34. The van der Waals surface area contributed by atoms with Crippen LogP contribution >= 0.6 is 27.5 Å². The van der Waals surface area contributed by atoms with Crippen molar-refractivity contribution in [2.24, 2.45) is 0 Å². The molecule has 0 aliphatic carbocycles. The van der Waals surface area contributed by atoms with E-state index in [0.717, 1.165) is 22.5 Å². The van der Waals surface area contributed by atoms with Gasteiger partial charge in [0.2, 0.25) is 0 Å². The summed E-state index contributed by atoms with van der Waals surface area (Å²) in [5.41, 5.74) is 2.50. The molecule has 0 radical (unpaired) electrons. The molecule has 0 saturated heterocycles. The first-order chi connectivity index (χ1) is 9.20. The largest absolute Gasteiger partial charge is 0.306 e. The normalized spacial score (nSPS) is 12.4. The topological polar surface area (TPSA) is 12.0 Å². The molecular weight excluding hydrogens is 322 g/mol. The van der Waals surface area contributed by atoms with Gasteiger partial charge < -0.3 is 5.32 Å². The number of benzene rings is 2. The lowest BCUT2D eigenvalue weighted by Crippen LogP contribution is -2.20. The molecule has 0 saturated carbocycles. The first-order valence-electron chi connectivity index (χ1n) is 6.43. The zero-order valence-electron chi connectivity index (χ0n) is 10.9. The molecule has 2 rings (SSSR count). The van der Waals surface area contributed by atoms with E-state index in [9.17, 15) is 0 Å². The molecule has 3 heteroatoms. The summed E-state index contributed by atoms with van der Waals surface area (Å²) in [6.07, 6.45) is 1.06. The number of rotatable bonds is 5. The third-order valence-corrected chi connectivity index (χ3v) is 4.17. The minimum Gasteiger partial charge on any atom is -0.306 e. The monoisotopic (exact) mass is 337 g/mol. The van der Waals surface area contributed by atoms with Gasteiger partial charge in [0.05, 0.1) is 0 Å². The first kappa shape index (κ1) is 14.6. The summed E-state index contributed by atoms with van der Waals surface area (Å²) >= 11 is 9.59. The van der Waals surface area contributed by atoms with Crippen molar-refractivity contribution < 1.29 is 0 Å². The second-order valence-electron chi connectivity index (χ2n) is 4.49. The summed E-state index contributed by atoms with van der Waals surface area (Å²) in [5, 5.41) is 4.35. The van der Waals surface area contributed by atoms with Gasteiger partial charge in [0.1, 0.15) is 0 Å². The van der Waals surface area contributed by atoms with Crippen LogP contribution in [0.4, 0.5) is 0 Å². The van der Waals surface area contributed by atoms with Crippen molar-refractivity contribution in [2.75, 3.05) is 0 Å². The molecule has 1 nitrogen and oxygen atoms in total. The zero-order chi connectivity index (χ0) is 13.7. The van der Waals surface area contributed by atoms with E-state index in [-0.39, 0.29) is 0 Å². The van der Waals surface area contributed by atoms with Crippen molar-refractivity contribution in [3.63, 3.8) is 0 Å². The van der Waals surface area contributed by atoms with Crippen LogP contribution < -0.4 is 5.32 Å². The smallest absolute Gasteiger partial charge is 0.0410 e. The molecule has 0 aliphatic heterocycles. The van der Waals surface area contributed by atoms with E-state index in [0.29, 0.717) is 6.04 Å². The number of halogens is 2. The Balaban J connectivity index is 2.06. The van der Waals surface area contributed by atoms with Crippen LogP contribution in [0.1, 0.15) is 30.5 Å². The minimum atomic E-state index is 0.368. The number of hydrogen-bond acceptors (Lipinski definition) is 1. The molecule has 2 aromatic carbocycles.